The highest BCUT2D eigenvalue weighted by Gasteiger charge is 2.05. The van der Waals surface area contributed by atoms with Crippen LogP contribution in [0.1, 0.15) is 5.01 Å². The Labute approximate surface area is 139 Å². The van der Waals surface area contributed by atoms with Crippen LogP contribution in [0.25, 0.3) is 11.3 Å². The van der Waals surface area contributed by atoms with Gasteiger partial charge in [0.1, 0.15) is 10.8 Å². The molecule has 0 aliphatic rings. The van der Waals surface area contributed by atoms with Crippen molar-refractivity contribution in [1.82, 2.24) is 4.98 Å². The molecule has 1 nitrogen and oxygen atoms in total. The number of benzene rings is 2. The smallest absolute Gasteiger partial charge is 0.123 e. The van der Waals surface area contributed by atoms with Crippen LogP contribution in [0.2, 0.25) is 0 Å². The van der Waals surface area contributed by atoms with E-state index in [1.807, 2.05) is 12.1 Å². The molecule has 0 N–H and O–H groups in total. The highest BCUT2D eigenvalue weighted by molar-refractivity contribution is 9.10. The lowest BCUT2D eigenvalue weighted by molar-refractivity contribution is 0.626. The number of rotatable bonds is 4. The fourth-order valence-electron chi connectivity index (χ4n) is 1.81. The molecular formula is C16H11BrFNS2. The second kappa shape index (κ2) is 6.73. The van der Waals surface area contributed by atoms with Gasteiger partial charge in [0.05, 0.1) is 11.4 Å². The summed E-state index contributed by atoms with van der Waals surface area (Å²) in [5, 5.41) is 3.14. The molecule has 0 spiro atoms. The van der Waals surface area contributed by atoms with E-state index in [0.717, 1.165) is 31.4 Å². The first-order valence-corrected chi connectivity index (χ1v) is 8.95. The zero-order valence-electron chi connectivity index (χ0n) is 10.9. The molecule has 1 heterocycles. The normalized spacial score (nSPS) is 10.8. The number of hydrogen-bond donors (Lipinski definition) is 0. The maximum absolute atomic E-state index is 12.8. The molecule has 0 radical (unpaired) electrons. The summed E-state index contributed by atoms with van der Waals surface area (Å²) in [5.41, 5.74) is 2.12. The van der Waals surface area contributed by atoms with Crippen molar-refractivity contribution in [2.45, 2.75) is 10.6 Å². The summed E-state index contributed by atoms with van der Waals surface area (Å²) in [5.74, 6) is 0.596. The van der Waals surface area contributed by atoms with Gasteiger partial charge in [0.25, 0.3) is 0 Å². The molecule has 0 aliphatic heterocycles. The van der Waals surface area contributed by atoms with Crippen LogP contribution in [-0.4, -0.2) is 4.98 Å². The van der Waals surface area contributed by atoms with E-state index >= 15 is 0 Å². The Morgan fingerprint density at radius 2 is 1.76 bits per heavy atom. The van der Waals surface area contributed by atoms with E-state index in [1.54, 1.807) is 35.2 Å². The van der Waals surface area contributed by atoms with Crippen molar-refractivity contribution < 1.29 is 4.39 Å². The third-order valence-corrected chi connectivity index (χ3v) is 5.45. The molecule has 5 heteroatoms. The minimum atomic E-state index is -0.203. The standard InChI is InChI=1S/C16H11BrFNS2/c17-12-3-1-11(2-4-12)15-9-21-16(19-15)10-20-14-7-5-13(18)6-8-14/h1-9H,10H2. The van der Waals surface area contributed by atoms with Crippen LogP contribution in [0.4, 0.5) is 4.39 Å². The van der Waals surface area contributed by atoms with Gasteiger partial charge < -0.3 is 0 Å². The Morgan fingerprint density at radius 1 is 1.05 bits per heavy atom. The van der Waals surface area contributed by atoms with Crippen LogP contribution in [0.3, 0.4) is 0 Å². The molecule has 2 aromatic carbocycles. The van der Waals surface area contributed by atoms with Gasteiger partial charge in [-0.15, -0.1) is 23.1 Å². The van der Waals surface area contributed by atoms with Gasteiger partial charge in [-0.2, -0.15) is 0 Å². The van der Waals surface area contributed by atoms with Crippen LogP contribution in [0, 0.1) is 5.82 Å². The van der Waals surface area contributed by atoms with Crippen molar-refractivity contribution in [3.63, 3.8) is 0 Å². The topological polar surface area (TPSA) is 12.9 Å². The molecule has 1 aromatic heterocycles. The van der Waals surface area contributed by atoms with Crippen molar-refractivity contribution in [2.24, 2.45) is 0 Å². The Hall–Kier alpha value is -1.17. The van der Waals surface area contributed by atoms with Crippen LogP contribution >= 0.6 is 39.0 Å². The fourth-order valence-corrected chi connectivity index (χ4v) is 3.79. The van der Waals surface area contributed by atoms with Gasteiger partial charge in [-0.25, -0.2) is 9.37 Å². The number of thioether (sulfide) groups is 1. The zero-order valence-corrected chi connectivity index (χ0v) is 14.1. The predicted octanol–water partition coefficient (Wildman–Crippen LogP) is 6.00. The number of halogens is 2. The Bertz CT molecular complexity index is 723. The molecule has 21 heavy (non-hydrogen) atoms. The zero-order chi connectivity index (χ0) is 14.7. The third kappa shape index (κ3) is 3.93. The van der Waals surface area contributed by atoms with Gasteiger partial charge in [0, 0.05) is 20.3 Å². The molecule has 0 amide bonds. The van der Waals surface area contributed by atoms with E-state index in [4.69, 9.17) is 0 Å². The Morgan fingerprint density at radius 3 is 2.48 bits per heavy atom. The largest absolute Gasteiger partial charge is 0.240 e. The maximum atomic E-state index is 12.8. The van der Waals surface area contributed by atoms with Crippen LogP contribution in [0.5, 0.6) is 0 Å². The fraction of sp³-hybridized carbons (Fsp3) is 0.0625. The Kier molecular flexibility index (Phi) is 4.73. The number of aromatic nitrogens is 1. The van der Waals surface area contributed by atoms with Crippen molar-refractivity contribution >= 4 is 39.0 Å². The SMILES string of the molecule is Fc1ccc(SCc2nc(-c3ccc(Br)cc3)cs2)cc1. The van der Waals surface area contributed by atoms with Crippen LogP contribution in [-0.2, 0) is 5.75 Å². The summed E-state index contributed by atoms with van der Waals surface area (Å²) in [6, 6.07) is 14.7. The summed E-state index contributed by atoms with van der Waals surface area (Å²) in [4.78, 5) is 5.70. The number of nitrogens with zero attached hydrogens (tertiary/aromatic N) is 1. The molecule has 0 saturated heterocycles. The quantitative estimate of drug-likeness (QED) is 0.515. The van der Waals surface area contributed by atoms with Gasteiger partial charge in [0.15, 0.2) is 0 Å². The minimum Gasteiger partial charge on any atom is -0.240 e. The maximum Gasteiger partial charge on any atom is 0.123 e. The first kappa shape index (κ1) is 14.8. The molecule has 3 rings (SSSR count). The van der Waals surface area contributed by atoms with Crippen LogP contribution < -0.4 is 0 Å². The van der Waals surface area contributed by atoms with Crippen molar-refractivity contribution in [3.8, 4) is 11.3 Å². The number of thiazole rings is 1. The average molecular weight is 380 g/mol. The molecule has 0 fully saturated rings. The summed E-state index contributed by atoms with van der Waals surface area (Å²) in [6.07, 6.45) is 0. The van der Waals surface area contributed by atoms with Gasteiger partial charge >= 0.3 is 0 Å². The lowest BCUT2D eigenvalue weighted by Crippen LogP contribution is -1.82. The van der Waals surface area contributed by atoms with E-state index in [2.05, 4.69) is 38.4 Å². The van der Waals surface area contributed by atoms with Gasteiger partial charge in [-0.1, -0.05) is 28.1 Å². The minimum absolute atomic E-state index is 0.203. The molecule has 0 saturated carbocycles. The summed E-state index contributed by atoms with van der Waals surface area (Å²) in [7, 11) is 0. The van der Waals surface area contributed by atoms with Crippen molar-refractivity contribution in [3.05, 3.63) is 69.2 Å². The highest BCUT2D eigenvalue weighted by Crippen LogP contribution is 2.28. The van der Waals surface area contributed by atoms with E-state index in [1.165, 1.54) is 12.1 Å². The molecule has 0 unspecified atom stereocenters. The van der Waals surface area contributed by atoms with Crippen LogP contribution in [0.15, 0.2) is 63.3 Å². The summed E-state index contributed by atoms with van der Waals surface area (Å²) < 4.78 is 13.9. The van der Waals surface area contributed by atoms with E-state index in [9.17, 15) is 4.39 Å². The molecule has 3 aromatic rings. The summed E-state index contributed by atoms with van der Waals surface area (Å²) >= 11 is 6.75. The molecule has 0 bridgehead atoms. The Balaban J connectivity index is 1.67. The first-order chi connectivity index (χ1) is 10.2. The van der Waals surface area contributed by atoms with E-state index < -0.39 is 0 Å². The monoisotopic (exact) mass is 379 g/mol. The molecule has 106 valence electrons. The molecular weight excluding hydrogens is 369 g/mol. The molecule has 0 atom stereocenters. The van der Waals surface area contributed by atoms with Crippen molar-refractivity contribution in [2.75, 3.05) is 0 Å². The first-order valence-electron chi connectivity index (χ1n) is 6.29. The second-order valence-electron chi connectivity index (χ2n) is 4.38. The lowest BCUT2D eigenvalue weighted by atomic mass is 10.2. The number of hydrogen-bond acceptors (Lipinski definition) is 3. The second-order valence-corrected chi connectivity index (χ2v) is 7.28. The molecule has 0 aliphatic carbocycles. The average Bonchev–Trinajstić information content (AvgIpc) is 2.96. The lowest BCUT2D eigenvalue weighted by Gasteiger charge is -1.99. The van der Waals surface area contributed by atoms with Gasteiger partial charge in [-0.05, 0) is 36.4 Å². The predicted molar refractivity (Wildman–Crippen MR) is 91.2 cm³/mol. The van der Waals surface area contributed by atoms with E-state index in [-0.39, 0.29) is 5.82 Å². The highest BCUT2D eigenvalue weighted by atomic mass is 79.9. The van der Waals surface area contributed by atoms with Gasteiger partial charge in [-0.3, -0.25) is 0 Å². The third-order valence-electron chi connectivity index (χ3n) is 2.87. The van der Waals surface area contributed by atoms with E-state index in [0.29, 0.717) is 0 Å². The van der Waals surface area contributed by atoms with Crippen molar-refractivity contribution in [1.29, 1.82) is 0 Å². The summed E-state index contributed by atoms with van der Waals surface area (Å²) in [6.45, 7) is 0. The van der Waals surface area contributed by atoms with Gasteiger partial charge in [0.2, 0.25) is 0 Å².